The Morgan fingerprint density at radius 1 is 1.44 bits per heavy atom. The van der Waals surface area contributed by atoms with E-state index in [1.807, 2.05) is 25.1 Å². The summed E-state index contributed by atoms with van der Waals surface area (Å²) >= 11 is 0. The van der Waals surface area contributed by atoms with Crippen LogP contribution in [0, 0.1) is 0 Å². The Hall–Kier alpha value is -1.11. The Morgan fingerprint density at radius 2 is 2.11 bits per heavy atom. The van der Waals surface area contributed by atoms with Crippen molar-refractivity contribution in [1.82, 2.24) is 5.43 Å². The van der Waals surface area contributed by atoms with Gasteiger partial charge in [0.15, 0.2) is 9.84 Å². The number of sulfone groups is 1. The quantitative estimate of drug-likeness (QED) is 0.597. The van der Waals surface area contributed by atoms with Crippen LogP contribution in [-0.2, 0) is 9.84 Å². The average molecular weight is 272 g/mol. The second-order valence-corrected chi connectivity index (χ2v) is 6.59. The molecule has 102 valence electrons. The van der Waals surface area contributed by atoms with Gasteiger partial charge in [-0.2, -0.15) is 0 Å². The fourth-order valence-electron chi connectivity index (χ4n) is 1.71. The lowest BCUT2D eigenvalue weighted by Crippen LogP contribution is -2.38. The minimum atomic E-state index is -3.17. The molecule has 0 fully saturated rings. The molecular formula is C12H20N2O3S. The molecule has 1 rings (SSSR count). The second-order valence-electron chi connectivity index (χ2n) is 4.18. The lowest BCUT2D eigenvalue weighted by Gasteiger charge is -2.22. The van der Waals surface area contributed by atoms with Crippen LogP contribution in [0.3, 0.4) is 0 Å². The highest BCUT2D eigenvalue weighted by molar-refractivity contribution is 7.91. The van der Waals surface area contributed by atoms with Crippen LogP contribution in [-0.4, -0.2) is 26.5 Å². The van der Waals surface area contributed by atoms with Crippen LogP contribution < -0.4 is 16.0 Å². The first-order valence-corrected chi connectivity index (χ1v) is 7.73. The number of benzene rings is 1. The highest BCUT2D eigenvalue weighted by atomic mass is 32.2. The van der Waals surface area contributed by atoms with Gasteiger partial charge < -0.3 is 4.74 Å². The number of nitrogens with one attached hydrogen (secondary N) is 1. The molecule has 0 radical (unpaired) electrons. The summed E-state index contributed by atoms with van der Waals surface area (Å²) in [5.74, 6) is 6.18. The lowest BCUT2D eigenvalue weighted by molar-refractivity contribution is 0.339. The van der Waals surface area contributed by atoms with Crippen molar-refractivity contribution in [3.05, 3.63) is 29.8 Å². The van der Waals surface area contributed by atoms with Crippen molar-refractivity contribution in [2.45, 2.75) is 25.1 Å². The molecule has 0 bridgehead atoms. The molecular weight excluding hydrogens is 252 g/mol. The number of ether oxygens (including phenoxy) is 1. The summed E-state index contributed by atoms with van der Waals surface area (Å²) in [5.41, 5.74) is 3.35. The fraction of sp³-hybridized carbons (Fsp3) is 0.500. The van der Waals surface area contributed by atoms with Crippen molar-refractivity contribution < 1.29 is 13.2 Å². The molecule has 5 nitrogen and oxygen atoms in total. The van der Waals surface area contributed by atoms with E-state index >= 15 is 0 Å². The van der Waals surface area contributed by atoms with E-state index in [4.69, 9.17) is 10.6 Å². The van der Waals surface area contributed by atoms with Crippen LogP contribution in [0.25, 0.3) is 0 Å². The zero-order valence-corrected chi connectivity index (χ0v) is 11.7. The number of hydrazine groups is 1. The van der Waals surface area contributed by atoms with Crippen LogP contribution in [0.4, 0.5) is 0 Å². The van der Waals surface area contributed by atoms with E-state index in [1.54, 1.807) is 13.0 Å². The Labute approximate surface area is 108 Å². The van der Waals surface area contributed by atoms with E-state index in [1.165, 1.54) is 6.26 Å². The first kappa shape index (κ1) is 14.9. The van der Waals surface area contributed by atoms with Gasteiger partial charge in [0, 0.05) is 6.26 Å². The first-order chi connectivity index (χ1) is 8.40. The summed E-state index contributed by atoms with van der Waals surface area (Å²) in [6, 6.07) is 6.82. The maximum Gasteiger partial charge on any atom is 0.151 e. The molecule has 0 aliphatic rings. The Morgan fingerprint density at radius 3 is 2.61 bits per heavy atom. The van der Waals surface area contributed by atoms with Crippen molar-refractivity contribution in [3.63, 3.8) is 0 Å². The monoisotopic (exact) mass is 272 g/mol. The highest BCUT2D eigenvalue weighted by Crippen LogP contribution is 2.24. The molecule has 6 heteroatoms. The minimum absolute atomic E-state index is 0.458. The molecule has 0 aliphatic heterocycles. The number of rotatable bonds is 6. The van der Waals surface area contributed by atoms with Gasteiger partial charge >= 0.3 is 0 Å². The third-order valence-corrected chi connectivity index (χ3v) is 4.48. The van der Waals surface area contributed by atoms with Crippen LogP contribution in [0.15, 0.2) is 24.3 Å². The molecule has 0 amide bonds. The number of hydrogen-bond donors (Lipinski definition) is 2. The molecule has 0 spiro atoms. The molecule has 1 aromatic rings. The predicted octanol–water partition coefficient (Wildman–Crippen LogP) is 1.02. The maximum absolute atomic E-state index is 11.6. The van der Waals surface area contributed by atoms with Crippen LogP contribution in [0.1, 0.15) is 25.5 Å². The molecule has 18 heavy (non-hydrogen) atoms. The van der Waals surface area contributed by atoms with E-state index in [9.17, 15) is 8.42 Å². The van der Waals surface area contributed by atoms with Gasteiger partial charge in [-0.3, -0.25) is 11.3 Å². The van der Waals surface area contributed by atoms with E-state index < -0.39 is 21.1 Å². The van der Waals surface area contributed by atoms with E-state index in [0.29, 0.717) is 12.4 Å². The average Bonchev–Trinajstić information content (AvgIpc) is 2.29. The van der Waals surface area contributed by atoms with Crippen molar-refractivity contribution in [2.75, 3.05) is 12.9 Å². The van der Waals surface area contributed by atoms with Gasteiger partial charge in [0.2, 0.25) is 0 Å². The third-order valence-electron chi connectivity index (χ3n) is 2.85. The number of nitrogens with two attached hydrogens (primary N) is 1. The molecule has 2 unspecified atom stereocenters. The molecule has 0 heterocycles. The van der Waals surface area contributed by atoms with Gasteiger partial charge in [-0.15, -0.1) is 0 Å². The Kier molecular flexibility index (Phi) is 5.13. The minimum Gasteiger partial charge on any atom is -0.494 e. The van der Waals surface area contributed by atoms with E-state index in [-0.39, 0.29) is 0 Å². The number of hydrogen-bond acceptors (Lipinski definition) is 5. The van der Waals surface area contributed by atoms with E-state index in [0.717, 1.165) is 5.56 Å². The zero-order valence-electron chi connectivity index (χ0n) is 10.9. The smallest absolute Gasteiger partial charge is 0.151 e. The fourth-order valence-corrected chi connectivity index (χ4v) is 2.44. The second kappa shape index (κ2) is 6.17. The van der Waals surface area contributed by atoms with Gasteiger partial charge in [-0.1, -0.05) is 12.1 Å². The Balaban J connectivity index is 3.05. The maximum atomic E-state index is 11.6. The van der Waals surface area contributed by atoms with Gasteiger partial charge in [0.25, 0.3) is 0 Å². The lowest BCUT2D eigenvalue weighted by atomic mass is 10.0. The van der Waals surface area contributed by atoms with Gasteiger partial charge in [-0.05, 0) is 31.5 Å². The standard InChI is InChI=1S/C12H20N2O3S/c1-4-17-11-7-5-6-10(8-11)12(14-13)9(2)18(3,15)16/h5-9,12,14H,4,13H2,1-3H3. The largest absolute Gasteiger partial charge is 0.494 e. The molecule has 0 aromatic heterocycles. The Bertz CT molecular complexity index is 488. The summed E-state index contributed by atoms with van der Waals surface area (Å²) in [6.07, 6.45) is 1.20. The molecule has 3 N–H and O–H groups in total. The van der Waals surface area contributed by atoms with Crippen LogP contribution in [0.5, 0.6) is 5.75 Å². The highest BCUT2D eigenvalue weighted by Gasteiger charge is 2.26. The van der Waals surface area contributed by atoms with Crippen LogP contribution >= 0.6 is 0 Å². The topological polar surface area (TPSA) is 81.4 Å². The van der Waals surface area contributed by atoms with Gasteiger partial charge in [-0.25, -0.2) is 8.42 Å². The van der Waals surface area contributed by atoms with Gasteiger partial charge in [0.1, 0.15) is 5.75 Å². The molecule has 0 aliphatic carbocycles. The van der Waals surface area contributed by atoms with Crippen molar-refractivity contribution in [1.29, 1.82) is 0 Å². The summed E-state index contributed by atoms with van der Waals surface area (Å²) in [6.45, 7) is 4.09. The van der Waals surface area contributed by atoms with Crippen LogP contribution in [0.2, 0.25) is 0 Å². The molecule has 1 aromatic carbocycles. The molecule has 0 saturated carbocycles. The zero-order chi connectivity index (χ0) is 13.8. The molecule has 2 atom stereocenters. The summed E-state index contributed by atoms with van der Waals surface area (Å²) in [4.78, 5) is 0. The van der Waals surface area contributed by atoms with Crippen molar-refractivity contribution in [2.24, 2.45) is 5.84 Å². The SMILES string of the molecule is CCOc1cccc(C(NN)C(C)S(C)(=O)=O)c1. The van der Waals surface area contributed by atoms with E-state index in [2.05, 4.69) is 5.43 Å². The van der Waals surface area contributed by atoms with Crippen molar-refractivity contribution in [3.8, 4) is 5.75 Å². The summed E-state index contributed by atoms with van der Waals surface area (Å²) in [7, 11) is -3.17. The first-order valence-electron chi connectivity index (χ1n) is 5.78. The molecule has 0 saturated heterocycles. The van der Waals surface area contributed by atoms with Gasteiger partial charge in [0.05, 0.1) is 17.9 Å². The normalized spacial score (nSPS) is 15.1. The summed E-state index contributed by atoms with van der Waals surface area (Å²) in [5, 5.41) is -0.612. The van der Waals surface area contributed by atoms with Crippen molar-refractivity contribution >= 4 is 9.84 Å². The summed E-state index contributed by atoms with van der Waals surface area (Å²) < 4.78 is 28.6. The third kappa shape index (κ3) is 3.69. The predicted molar refractivity (Wildman–Crippen MR) is 72.0 cm³/mol.